The fourth-order valence-corrected chi connectivity index (χ4v) is 5.00. The van der Waals surface area contributed by atoms with Crippen LogP contribution in [0.15, 0.2) is 18.2 Å². The summed E-state index contributed by atoms with van der Waals surface area (Å²) < 4.78 is 43.2. The van der Waals surface area contributed by atoms with Gasteiger partial charge in [0, 0.05) is 12.2 Å². The third-order valence-corrected chi connectivity index (χ3v) is 7.31. The highest BCUT2D eigenvalue weighted by molar-refractivity contribution is 7.99. The summed E-state index contributed by atoms with van der Waals surface area (Å²) in [4.78, 5) is 22.9. The molecule has 2 N–H and O–H groups in total. The Morgan fingerprint density at radius 1 is 0.941 bits per heavy atom. The molecule has 0 atom stereocenters. The molecule has 0 aromatic heterocycles. The second kappa shape index (κ2) is 18.1. The highest BCUT2D eigenvalue weighted by Crippen LogP contribution is 2.36. The van der Waals surface area contributed by atoms with Gasteiger partial charge in [-0.05, 0) is 54.7 Å². The zero-order valence-corrected chi connectivity index (χ0v) is 21.9. The minimum Gasteiger partial charge on any atom is -0.468 e. The van der Waals surface area contributed by atoms with Gasteiger partial charge in [0.15, 0.2) is 0 Å². The molecular weight excluding hydrogens is 509 g/mol. The molecule has 11 heteroatoms. The van der Waals surface area contributed by atoms with Gasteiger partial charge in [0.25, 0.3) is 0 Å². The quantitative estimate of drug-likeness (QED) is 0.160. The average Bonchev–Trinajstić information content (AvgIpc) is 2.79. The number of methoxy groups -OCH3 is 1. The highest BCUT2D eigenvalue weighted by Gasteiger charge is 2.33. The SMILES string of the molecule is COC(=O)CSCCCCCCCCCSCCCNC(=O)Nc1ccc(Cl)c(C(F)(F)F)c1. The molecule has 5 nitrogen and oxygen atoms in total. The molecule has 34 heavy (non-hydrogen) atoms. The maximum Gasteiger partial charge on any atom is 0.417 e. The molecule has 0 bridgehead atoms. The topological polar surface area (TPSA) is 67.4 Å². The normalized spacial score (nSPS) is 11.3. The van der Waals surface area contributed by atoms with E-state index in [4.69, 9.17) is 11.6 Å². The van der Waals surface area contributed by atoms with E-state index < -0.39 is 22.8 Å². The van der Waals surface area contributed by atoms with E-state index in [1.165, 1.54) is 51.7 Å². The van der Waals surface area contributed by atoms with Gasteiger partial charge in [-0.3, -0.25) is 4.79 Å². The summed E-state index contributed by atoms with van der Waals surface area (Å²) in [5.74, 6) is 3.28. The van der Waals surface area contributed by atoms with E-state index in [1.54, 1.807) is 11.8 Å². The van der Waals surface area contributed by atoms with Crippen molar-refractivity contribution in [1.29, 1.82) is 0 Å². The summed E-state index contributed by atoms with van der Waals surface area (Å²) in [6.45, 7) is 0.455. The van der Waals surface area contributed by atoms with Gasteiger partial charge < -0.3 is 15.4 Å². The molecule has 0 aliphatic rings. The van der Waals surface area contributed by atoms with Crippen LogP contribution >= 0.6 is 35.1 Å². The summed E-state index contributed by atoms with van der Waals surface area (Å²) in [6, 6.07) is 2.73. The van der Waals surface area contributed by atoms with E-state index in [-0.39, 0.29) is 11.7 Å². The molecule has 1 rings (SSSR count). The van der Waals surface area contributed by atoms with E-state index in [2.05, 4.69) is 15.4 Å². The van der Waals surface area contributed by atoms with Crippen molar-refractivity contribution in [3.05, 3.63) is 28.8 Å². The molecule has 0 saturated heterocycles. The predicted molar refractivity (Wildman–Crippen MR) is 137 cm³/mol. The second-order valence-electron chi connectivity index (χ2n) is 7.64. The minimum atomic E-state index is -4.57. The standard InChI is InChI=1S/C23H34ClF3N2O3S2/c1-32-21(30)17-34-14-8-6-4-2-3-5-7-13-33-15-9-12-28-22(31)29-18-10-11-20(24)19(16-18)23(25,26)27/h10-11,16H,2-9,12-15,17H2,1H3,(H2,28,29,31). The summed E-state index contributed by atoms with van der Waals surface area (Å²) in [6.07, 6.45) is 4.64. The third-order valence-electron chi connectivity index (χ3n) is 4.81. The molecule has 0 aliphatic heterocycles. The maximum atomic E-state index is 12.9. The van der Waals surface area contributed by atoms with Crippen LogP contribution in [0.25, 0.3) is 0 Å². The Hall–Kier alpha value is -1.26. The fourth-order valence-electron chi connectivity index (χ4n) is 2.98. The monoisotopic (exact) mass is 542 g/mol. The molecule has 0 saturated carbocycles. The number of carbonyl (C=O) groups is 2. The van der Waals surface area contributed by atoms with Crippen LogP contribution in [0, 0.1) is 0 Å². The number of nitrogens with one attached hydrogen (secondary N) is 2. The number of hydrogen-bond donors (Lipinski definition) is 2. The van der Waals surface area contributed by atoms with Crippen molar-refractivity contribution in [2.45, 2.75) is 57.5 Å². The van der Waals surface area contributed by atoms with Crippen molar-refractivity contribution in [2.24, 2.45) is 0 Å². The first kappa shape index (κ1) is 30.8. The van der Waals surface area contributed by atoms with Crippen molar-refractivity contribution in [3.8, 4) is 0 Å². The Kier molecular flexibility index (Phi) is 16.4. The number of halogens is 4. The van der Waals surface area contributed by atoms with Crippen LogP contribution in [-0.2, 0) is 15.7 Å². The van der Waals surface area contributed by atoms with Crippen molar-refractivity contribution >= 4 is 52.8 Å². The molecule has 0 radical (unpaired) electrons. The van der Waals surface area contributed by atoms with Gasteiger partial charge >= 0.3 is 18.2 Å². The number of thioether (sulfide) groups is 2. The number of amides is 2. The fraction of sp³-hybridized carbons (Fsp3) is 0.652. The number of urea groups is 1. The number of rotatable bonds is 17. The Morgan fingerprint density at radius 3 is 2.15 bits per heavy atom. The molecule has 0 spiro atoms. The second-order valence-corrected chi connectivity index (χ2v) is 10.4. The number of ether oxygens (including phenoxy) is 1. The molecular formula is C23H34ClF3N2O3S2. The van der Waals surface area contributed by atoms with Gasteiger partial charge in [0.2, 0.25) is 0 Å². The average molecular weight is 543 g/mol. The molecule has 0 aliphatic carbocycles. The number of alkyl halides is 3. The van der Waals surface area contributed by atoms with E-state index in [0.29, 0.717) is 12.3 Å². The highest BCUT2D eigenvalue weighted by atomic mass is 35.5. The molecule has 1 aromatic rings. The molecule has 2 amide bonds. The van der Waals surface area contributed by atoms with E-state index in [9.17, 15) is 22.8 Å². The van der Waals surface area contributed by atoms with Crippen LogP contribution in [0.5, 0.6) is 0 Å². The van der Waals surface area contributed by atoms with Gasteiger partial charge in [0.05, 0.1) is 23.4 Å². The molecule has 0 unspecified atom stereocenters. The Labute approximate surface area is 213 Å². The lowest BCUT2D eigenvalue weighted by molar-refractivity contribution is -0.138. The van der Waals surface area contributed by atoms with Crippen LogP contribution < -0.4 is 10.6 Å². The van der Waals surface area contributed by atoms with Gasteiger partial charge in [-0.25, -0.2) is 4.79 Å². The Bertz CT molecular complexity index is 740. The predicted octanol–water partition coefficient (Wildman–Crippen LogP) is 7.24. The number of esters is 1. The lowest BCUT2D eigenvalue weighted by Crippen LogP contribution is -2.29. The van der Waals surface area contributed by atoms with Crippen molar-refractivity contribution < 1.29 is 27.5 Å². The minimum absolute atomic E-state index is 0.0426. The smallest absolute Gasteiger partial charge is 0.417 e. The number of hydrogen-bond acceptors (Lipinski definition) is 5. The molecule has 1 aromatic carbocycles. The molecule has 0 heterocycles. The van der Waals surface area contributed by atoms with Gasteiger partial charge in [-0.2, -0.15) is 36.7 Å². The number of carbonyl (C=O) groups excluding carboxylic acids is 2. The zero-order valence-electron chi connectivity index (χ0n) is 19.5. The maximum absolute atomic E-state index is 12.9. The van der Waals surface area contributed by atoms with Gasteiger partial charge in [-0.15, -0.1) is 0 Å². The molecule has 194 valence electrons. The molecule has 0 fully saturated rings. The van der Waals surface area contributed by atoms with Gasteiger partial charge in [0.1, 0.15) is 0 Å². The van der Waals surface area contributed by atoms with Crippen LogP contribution in [-0.4, -0.2) is 48.7 Å². The van der Waals surface area contributed by atoms with E-state index >= 15 is 0 Å². The number of anilines is 1. The largest absolute Gasteiger partial charge is 0.468 e. The van der Waals surface area contributed by atoms with Gasteiger partial charge in [-0.1, -0.05) is 43.7 Å². The Morgan fingerprint density at radius 2 is 1.53 bits per heavy atom. The summed E-state index contributed by atoms with van der Waals surface area (Å²) in [5, 5.41) is 4.65. The van der Waals surface area contributed by atoms with Crippen molar-refractivity contribution in [1.82, 2.24) is 5.32 Å². The first-order valence-corrected chi connectivity index (χ1v) is 14.1. The summed E-state index contributed by atoms with van der Waals surface area (Å²) >= 11 is 9.04. The van der Waals surface area contributed by atoms with Crippen LogP contribution in [0.2, 0.25) is 5.02 Å². The number of unbranched alkanes of at least 4 members (excludes halogenated alkanes) is 6. The van der Waals surface area contributed by atoms with Crippen LogP contribution in [0.4, 0.5) is 23.7 Å². The summed E-state index contributed by atoms with van der Waals surface area (Å²) in [5.41, 5.74) is -0.934. The first-order valence-electron chi connectivity index (χ1n) is 11.4. The van der Waals surface area contributed by atoms with E-state index in [0.717, 1.165) is 42.2 Å². The number of benzene rings is 1. The van der Waals surface area contributed by atoms with E-state index in [1.807, 2.05) is 11.8 Å². The first-order chi connectivity index (χ1) is 16.2. The zero-order chi connectivity index (χ0) is 25.2. The lowest BCUT2D eigenvalue weighted by Gasteiger charge is -2.12. The van der Waals surface area contributed by atoms with Crippen molar-refractivity contribution in [3.63, 3.8) is 0 Å². The third kappa shape index (κ3) is 14.9. The lowest BCUT2D eigenvalue weighted by atomic mass is 10.1. The van der Waals surface area contributed by atoms with Crippen LogP contribution in [0.3, 0.4) is 0 Å². The van der Waals surface area contributed by atoms with Crippen LogP contribution in [0.1, 0.15) is 56.9 Å². The van der Waals surface area contributed by atoms with Crippen molar-refractivity contribution in [2.75, 3.05) is 42.0 Å². The summed E-state index contributed by atoms with van der Waals surface area (Å²) in [7, 11) is 1.41. The Balaban J connectivity index is 1.94.